The monoisotopic (exact) mass is 494 g/mol. The molecule has 1 heterocycles. The lowest BCUT2D eigenvalue weighted by Gasteiger charge is -2.34. The third kappa shape index (κ3) is 5.28. The molecule has 0 aliphatic carbocycles. The van der Waals surface area contributed by atoms with Gasteiger partial charge in [0.15, 0.2) is 15.0 Å². The van der Waals surface area contributed by atoms with Gasteiger partial charge in [0.2, 0.25) is 0 Å². The maximum absolute atomic E-state index is 12.2. The van der Waals surface area contributed by atoms with Crippen molar-refractivity contribution in [2.75, 3.05) is 18.6 Å². The minimum Gasteiger partial charge on any atom is -0.743 e. The third-order valence-electron chi connectivity index (χ3n) is 3.85. The van der Waals surface area contributed by atoms with Crippen LogP contribution in [-0.4, -0.2) is 54.9 Å². The van der Waals surface area contributed by atoms with E-state index in [1.807, 2.05) is 0 Å². The molecule has 4 nitrogen and oxygen atoms in total. The van der Waals surface area contributed by atoms with Crippen molar-refractivity contribution >= 4 is 21.0 Å². The molecular formula is C15H15F9O4S2. The first-order chi connectivity index (χ1) is 13.4. The molecule has 0 bridgehead atoms. The molecule has 30 heavy (non-hydrogen) atoms. The highest BCUT2D eigenvalue weighted by Gasteiger charge is 2.83. The van der Waals surface area contributed by atoms with Gasteiger partial charge in [0.05, 0.1) is 7.11 Å². The summed E-state index contributed by atoms with van der Waals surface area (Å²) < 4.78 is 141. The molecule has 1 aliphatic rings. The van der Waals surface area contributed by atoms with Gasteiger partial charge < -0.3 is 9.29 Å². The Balaban J connectivity index is 0.000000308. The molecule has 0 spiro atoms. The Morgan fingerprint density at radius 1 is 0.867 bits per heavy atom. The van der Waals surface area contributed by atoms with E-state index in [-0.39, 0.29) is 0 Å². The lowest BCUT2D eigenvalue weighted by molar-refractivity contribution is -0.382. The van der Waals surface area contributed by atoms with Gasteiger partial charge in [0.25, 0.3) is 0 Å². The van der Waals surface area contributed by atoms with Crippen molar-refractivity contribution < 1.29 is 57.2 Å². The van der Waals surface area contributed by atoms with Crippen LogP contribution in [0.3, 0.4) is 0 Å². The smallest absolute Gasteiger partial charge is 0.460 e. The molecule has 0 N–H and O–H groups in total. The van der Waals surface area contributed by atoms with E-state index in [2.05, 4.69) is 24.3 Å². The molecule has 0 radical (unpaired) electrons. The summed E-state index contributed by atoms with van der Waals surface area (Å²) in [4.78, 5) is 1.51. The summed E-state index contributed by atoms with van der Waals surface area (Å²) in [5.74, 6) is -11.1. The van der Waals surface area contributed by atoms with Gasteiger partial charge in [0.1, 0.15) is 17.3 Å². The van der Waals surface area contributed by atoms with Crippen LogP contribution in [0.25, 0.3) is 0 Å². The zero-order valence-corrected chi connectivity index (χ0v) is 16.6. The Kier molecular flexibility index (Phi) is 8.03. The van der Waals surface area contributed by atoms with Crippen molar-refractivity contribution in [3.8, 4) is 5.75 Å². The van der Waals surface area contributed by atoms with Crippen LogP contribution < -0.4 is 4.74 Å². The Morgan fingerprint density at radius 3 is 1.63 bits per heavy atom. The SMILES string of the molecule is COc1ccc([S+]2CCCC2)cc1.O=S(=O)([O-])C(F)(F)C(F)(F)C(F)(F)C(F)(F)F. The molecule has 0 saturated carbocycles. The summed E-state index contributed by atoms with van der Waals surface area (Å²) in [6.07, 6.45) is -4.34. The summed E-state index contributed by atoms with van der Waals surface area (Å²) in [6.45, 7) is 0. The van der Waals surface area contributed by atoms with Crippen LogP contribution in [0.1, 0.15) is 12.8 Å². The van der Waals surface area contributed by atoms with Gasteiger partial charge in [-0.25, -0.2) is 8.42 Å². The first-order valence-electron chi connectivity index (χ1n) is 7.87. The summed E-state index contributed by atoms with van der Waals surface area (Å²) in [6, 6.07) is 8.57. The summed E-state index contributed by atoms with van der Waals surface area (Å²) in [5, 5.41) is -7.11. The molecule has 0 atom stereocenters. The number of hydrogen-bond donors (Lipinski definition) is 0. The highest BCUT2D eigenvalue weighted by atomic mass is 32.2. The second kappa shape index (κ2) is 9.02. The van der Waals surface area contributed by atoms with Gasteiger partial charge in [-0.05, 0) is 37.1 Å². The third-order valence-corrected chi connectivity index (χ3v) is 7.24. The van der Waals surface area contributed by atoms with Crippen molar-refractivity contribution in [3.63, 3.8) is 0 Å². The Bertz CT molecular complexity index is 802. The molecular weight excluding hydrogens is 479 g/mol. The number of rotatable bonds is 5. The Hall–Kier alpha value is -1.35. The van der Waals surface area contributed by atoms with Gasteiger partial charge >= 0.3 is 23.3 Å². The molecule has 1 saturated heterocycles. The number of benzene rings is 1. The molecule has 15 heteroatoms. The number of halogens is 9. The maximum Gasteiger partial charge on any atom is 0.460 e. The van der Waals surface area contributed by atoms with Crippen molar-refractivity contribution in [2.45, 2.75) is 41.0 Å². The van der Waals surface area contributed by atoms with Gasteiger partial charge in [-0.15, -0.1) is 0 Å². The zero-order valence-electron chi connectivity index (χ0n) is 15.0. The van der Waals surface area contributed by atoms with Crippen LogP contribution in [0.5, 0.6) is 5.75 Å². The topological polar surface area (TPSA) is 66.4 Å². The normalized spacial score (nSPS) is 16.8. The maximum atomic E-state index is 12.2. The fraction of sp³-hybridized carbons (Fsp3) is 0.600. The number of alkyl halides is 9. The molecule has 0 aromatic heterocycles. The van der Waals surface area contributed by atoms with Crippen LogP contribution in [0.4, 0.5) is 39.5 Å². The van der Waals surface area contributed by atoms with E-state index in [4.69, 9.17) is 4.74 Å². The molecule has 1 fully saturated rings. The fourth-order valence-electron chi connectivity index (χ4n) is 2.18. The molecule has 1 aromatic rings. The van der Waals surface area contributed by atoms with Crippen LogP contribution in [-0.2, 0) is 21.0 Å². The lowest BCUT2D eigenvalue weighted by atomic mass is 10.1. The quantitative estimate of drug-likeness (QED) is 0.345. The van der Waals surface area contributed by atoms with E-state index >= 15 is 0 Å². The molecule has 1 aliphatic heterocycles. The van der Waals surface area contributed by atoms with E-state index in [0.29, 0.717) is 10.9 Å². The summed E-state index contributed by atoms with van der Waals surface area (Å²) in [7, 11) is -5.16. The highest BCUT2D eigenvalue weighted by Crippen LogP contribution is 2.54. The predicted molar refractivity (Wildman–Crippen MR) is 88.2 cm³/mol. The van der Waals surface area contributed by atoms with E-state index < -0.39 is 33.4 Å². The van der Waals surface area contributed by atoms with Crippen LogP contribution in [0, 0.1) is 0 Å². The number of ether oxygens (including phenoxy) is 1. The van der Waals surface area contributed by atoms with Crippen LogP contribution in [0.2, 0.25) is 0 Å². The lowest BCUT2D eigenvalue weighted by Crippen LogP contribution is -2.63. The Labute approximate surface area is 168 Å². The largest absolute Gasteiger partial charge is 0.743 e. The molecule has 2 rings (SSSR count). The first-order valence-corrected chi connectivity index (χ1v) is 10.8. The summed E-state index contributed by atoms with van der Waals surface area (Å²) in [5.41, 5.74) is 0. The van der Waals surface area contributed by atoms with Crippen molar-refractivity contribution in [3.05, 3.63) is 24.3 Å². The average molecular weight is 494 g/mol. The standard InChI is InChI=1S/C11H15OS.C4HF9O3S/c1-12-10-4-6-11(7-5-10)13-8-2-3-9-13;5-1(6,3(9,10)11)2(7,8)4(12,13)17(14,15)16/h4-7H,2-3,8-9H2,1H3;(H,14,15,16)/q+1;/p-1. The molecule has 1 aromatic carbocycles. The predicted octanol–water partition coefficient (Wildman–Crippen LogP) is 4.42. The zero-order chi connectivity index (χ0) is 23.6. The average Bonchev–Trinajstić information content (AvgIpc) is 3.14. The van der Waals surface area contributed by atoms with Crippen molar-refractivity contribution in [1.82, 2.24) is 0 Å². The van der Waals surface area contributed by atoms with Gasteiger partial charge in [-0.1, -0.05) is 0 Å². The van der Waals surface area contributed by atoms with E-state index in [1.165, 1.54) is 29.2 Å². The summed E-state index contributed by atoms with van der Waals surface area (Å²) >= 11 is 0. The van der Waals surface area contributed by atoms with Crippen molar-refractivity contribution in [1.29, 1.82) is 0 Å². The number of hydrogen-bond acceptors (Lipinski definition) is 4. The second-order valence-electron chi connectivity index (χ2n) is 5.90. The van der Waals surface area contributed by atoms with Crippen LogP contribution in [0.15, 0.2) is 29.2 Å². The van der Waals surface area contributed by atoms with Crippen molar-refractivity contribution in [2.24, 2.45) is 0 Å². The van der Waals surface area contributed by atoms with E-state index in [1.54, 1.807) is 7.11 Å². The van der Waals surface area contributed by atoms with Gasteiger partial charge in [-0.3, -0.25) is 0 Å². The highest BCUT2D eigenvalue weighted by molar-refractivity contribution is 7.97. The minimum atomic E-state index is -7.43. The van der Waals surface area contributed by atoms with Crippen LogP contribution >= 0.6 is 0 Å². The number of methoxy groups -OCH3 is 1. The van der Waals surface area contributed by atoms with E-state index in [9.17, 15) is 52.5 Å². The van der Waals surface area contributed by atoms with Gasteiger partial charge in [-0.2, -0.15) is 39.5 Å². The first kappa shape index (κ1) is 26.7. The second-order valence-corrected chi connectivity index (χ2v) is 9.60. The minimum absolute atomic E-state index is 0.544. The van der Waals surface area contributed by atoms with Gasteiger partial charge in [0, 0.05) is 10.9 Å². The molecule has 0 amide bonds. The fourth-order valence-corrected chi connectivity index (χ4v) is 4.92. The molecule has 174 valence electrons. The Morgan fingerprint density at radius 2 is 1.30 bits per heavy atom. The van der Waals surface area contributed by atoms with E-state index in [0.717, 1.165) is 5.75 Å². The molecule has 0 unspecified atom stereocenters.